The molecule has 0 bridgehead atoms. The molecule has 0 unspecified atom stereocenters. The van der Waals surface area contributed by atoms with Gasteiger partial charge in [-0.1, -0.05) is 6.07 Å². The maximum absolute atomic E-state index is 13.0. The van der Waals surface area contributed by atoms with Crippen LogP contribution in [0.2, 0.25) is 0 Å². The first-order valence-electron chi connectivity index (χ1n) is 14.0. The number of pyridine rings is 1. The van der Waals surface area contributed by atoms with Crippen LogP contribution < -0.4 is 10.9 Å². The van der Waals surface area contributed by atoms with Crippen LogP contribution in [0.1, 0.15) is 64.9 Å². The quantitative estimate of drug-likeness (QED) is 0.582. The van der Waals surface area contributed by atoms with Crippen molar-refractivity contribution in [3.8, 4) is 0 Å². The van der Waals surface area contributed by atoms with Crippen LogP contribution in [0.5, 0.6) is 0 Å². The van der Waals surface area contributed by atoms with Crippen LogP contribution in [-0.4, -0.2) is 82.2 Å². The first-order valence-corrected chi connectivity index (χ1v) is 14.0. The minimum absolute atomic E-state index is 0.0789. The van der Waals surface area contributed by atoms with E-state index < -0.39 is 11.6 Å². The third-order valence-corrected chi connectivity index (χ3v) is 7.90. The topological polar surface area (TPSA) is 104 Å². The number of piperidine rings is 2. The Labute approximate surface area is 225 Å². The molecule has 210 valence electrons. The number of nitrogens with zero attached hydrogens (tertiary/aromatic N) is 4. The molecule has 10 heteroatoms. The summed E-state index contributed by atoms with van der Waals surface area (Å²) in [5.74, 6) is 1.12. The van der Waals surface area contributed by atoms with Gasteiger partial charge in [0.2, 0.25) is 5.91 Å². The number of hydrogen-bond acceptors (Lipinski definition) is 6. The zero-order chi connectivity index (χ0) is 27.3. The average Bonchev–Trinajstić information content (AvgIpc) is 2.86. The van der Waals surface area contributed by atoms with Gasteiger partial charge in [-0.15, -0.1) is 0 Å². The van der Waals surface area contributed by atoms with Crippen LogP contribution in [0.3, 0.4) is 0 Å². The Kier molecular flexibility index (Phi) is 9.12. The number of amides is 4. The number of carbonyl (C=O) groups excluding carboxylic acids is 3. The normalized spacial score (nSPS) is 20.5. The smallest absolute Gasteiger partial charge is 0.410 e. The molecule has 0 aliphatic carbocycles. The number of hydrogen-bond donors (Lipinski definition) is 1. The molecule has 3 saturated heterocycles. The minimum Gasteiger partial charge on any atom is -0.444 e. The number of urea groups is 1. The van der Waals surface area contributed by atoms with Crippen molar-refractivity contribution in [2.75, 3.05) is 39.3 Å². The lowest BCUT2D eigenvalue weighted by atomic mass is 9.83. The van der Waals surface area contributed by atoms with Crippen LogP contribution in [0.15, 0.2) is 23.1 Å². The van der Waals surface area contributed by atoms with Gasteiger partial charge in [-0.3, -0.25) is 14.9 Å². The highest BCUT2D eigenvalue weighted by Gasteiger charge is 2.29. The molecule has 0 radical (unpaired) electrons. The van der Waals surface area contributed by atoms with Gasteiger partial charge >= 0.3 is 12.1 Å². The first-order chi connectivity index (χ1) is 18.1. The van der Waals surface area contributed by atoms with E-state index in [-0.39, 0.29) is 30.5 Å². The van der Waals surface area contributed by atoms with Crippen LogP contribution in [-0.2, 0) is 22.6 Å². The Hall–Kier alpha value is -2.88. The van der Waals surface area contributed by atoms with E-state index in [1.807, 2.05) is 37.9 Å². The fraction of sp³-hybridized carbons (Fsp3) is 0.714. The molecule has 10 nitrogen and oxygen atoms in total. The predicted octanol–water partition coefficient (Wildman–Crippen LogP) is 3.04. The molecule has 4 rings (SSSR count). The van der Waals surface area contributed by atoms with Gasteiger partial charge in [0, 0.05) is 50.9 Å². The van der Waals surface area contributed by atoms with Crippen LogP contribution >= 0.6 is 0 Å². The molecule has 4 heterocycles. The minimum atomic E-state index is -0.452. The molecule has 3 aliphatic heterocycles. The third-order valence-electron chi connectivity index (χ3n) is 7.90. The summed E-state index contributed by atoms with van der Waals surface area (Å²) in [6.45, 7) is 11.3. The molecule has 38 heavy (non-hydrogen) atoms. The number of aromatic nitrogens is 1. The van der Waals surface area contributed by atoms with Crippen molar-refractivity contribution < 1.29 is 19.1 Å². The van der Waals surface area contributed by atoms with Crippen LogP contribution in [0, 0.1) is 11.8 Å². The average molecular weight is 530 g/mol. The van der Waals surface area contributed by atoms with E-state index in [0.717, 1.165) is 51.5 Å². The van der Waals surface area contributed by atoms with Crippen molar-refractivity contribution in [2.24, 2.45) is 11.8 Å². The number of likely N-dealkylation sites (tertiary alicyclic amines) is 2. The molecule has 3 fully saturated rings. The summed E-state index contributed by atoms with van der Waals surface area (Å²) in [6.07, 6.45) is 7.54. The lowest BCUT2D eigenvalue weighted by Crippen LogP contribution is -2.49. The van der Waals surface area contributed by atoms with E-state index in [9.17, 15) is 19.2 Å². The fourth-order valence-corrected chi connectivity index (χ4v) is 5.68. The monoisotopic (exact) mass is 529 g/mol. The molecular weight excluding hydrogens is 486 g/mol. The second-order valence-electron chi connectivity index (χ2n) is 12.0. The first kappa shape index (κ1) is 28.1. The van der Waals surface area contributed by atoms with Crippen molar-refractivity contribution in [3.63, 3.8) is 0 Å². The van der Waals surface area contributed by atoms with Gasteiger partial charge in [0.25, 0.3) is 5.56 Å². The molecule has 1 N–H and O–H groups in total. The van der Waals surface area contributed by atoms with Crippen LogP contribution in [0.4, 0.5) is 9.59 Å². The summed E-state index contributed by atoms with van der Waals surface area (Å²) in [5, 5.41) is 2.31. The number of carbonyl (C=O) groups is 3. The Bertz CT molecular complexity index is 1050. The van der Waals surface area contributed by atoms with Gasteiger partial charge in [0.05, 0.1) is 6.54 Å². The van der Waals surface area contributed by atoms with Gasteiger partial charge in [0.1, 0.15) is 5.60 Å². The fourth-order valence-electron chi connectivity index (χ4n) is 5.68. The molecule has 0 spiro atoms. The van der Waals surface area contributed by atoms with E-state index in [1.165, 1.54) is 24.2 Å². The second kappa shape index (κ2) is 12.3. The van der Waals surface area contributed by atoms with Crippen molar-refractivity contribution in [3.05, 3.63) is 34.2 Å². The Morgan fingerprint density at radius 2 is 1.63 bits per heavy atom. The molecule has 0 aromatic carbocycles. The maximum Gasteiger partial charge on any atom is 0.410 e. The van der Waals surface area contributed by atoms with E-state index in [4.69, 9.17) is 4.74 Å². The van der Waals surface area contributed by atoms with E-state index in [2.05, 4.69) is 10.2 Å². The maximum atomic E-state index is 13.0. The number of nitrogens with one attached hydrogen (secondary N) is 1. The van der Waals surface area contributed by atoms with Crippen molar-refractivity contribution in [2.45, 2.75) is 78.0 Å². The molecular formula is C28H43N5O5. The summed E-state index contributed by atoms with van der Waals surface area (Å²) in [7, 11) is 0. The van der Waals surface area contributed by atoms with E-state index >= 15 is 0 Å². The molecule has 0 saturated carbocycles. The Balaban J connectivity index is 1.17. The zero-order valence-corrected chi connectivity index (χ0v) is 23.1. The zero-order valence-electron chi connectivity index (χ0n) is 23.1. The van der Waals surface area contributed by atoms with E-state index in [0.29, 0.717) is 24.6 Å². The van der Waals surface area contributed by atoms with Gasteiger partial charge in [-0.05, 0) is 83.9 Å². The summed E-state index contributed by atoms with van der Waals surface area (Å²) in [6, 6.07) is 3.17. The Morgan fingerprint density at radius 3 is 2.26 bits per heavy atom. The lowest BCUT2D eigenvalue weighted by molar-refractivity contribution is -0.121. The van der Waals surface area contributed by atoms with Crippen molar-refractivity contribution in [1.29, 1.82) is 0 Å². The van der Waals surface area contributed by atoms with E-state index in [1.54, 1.807) is 10.6 Å². The lowest BCUT2D eigenvalue weighted by Gasteiger charge is -2.37. The largest absolute Gasteiger partial charge is 0.444 e. The number of rotatable bonds is 7. The number of ether oxygens (including phenoxy) is 1. The standard InChI is InChI=1S/C28H43N5O5/c1-28(2,3)38-27(37)32-14-8-22(9-15-32)19-21-6-12-30(13-7-21)17-18-31-11-4-5-23(25(31)35)20-33-16-10-24(34)29-26(33)36/h4-5,11,21-22H,6-10,12-20H2,1-3H3,(H,29,34,36). The third kappa shape index (κ3) is 7.82. The highest BCUT2D eigenvalue weighted by molar-refractivity contribution is 5.96. The van der Waals surface area contributed by atoms with Gasteiger partial charge in [0.15, 0.2) is 0 Å². The molecule has 1 aromatic heterocycles. The molecule has 1 aromatic rings. The summed E-state index contributed by atoms with van der Waals surface area (Å²) in [4.78, 5) is 54.5. The van der Waals surface area contributed by atoms with Gasteiger partial charge < -0.3 is 24.0 Å². The van der Waals surface area contributed by atoms with Gasteiger partial charge in [-0.2, -0.15) is 0 Å². The summed E-state index contributed by atoms with van der Waals surface area (Å²) in [5.41, 5.74) is 0.0325. The molecule has 3 aliphatic rings. The summed E-state index contributed by atoms with van der Waals surface area (Å²) >= 11 is 0. The van der Waals surface area contributed by atoms with Gasteiger partial charge in [-0.25, -0.2) is 9.59 Å². The number of imide groups is 1. The van der Waals surface area contributed by atoms with Crippen LogP contribution in [0.25, 0.3) is 0 Å². The van der Waals surface area contributed by atoms with Crippen molar-refractivity contribution >= 4 is 18.0 Å². The highest BCUT2D eigenvalue weighted by atomic mass is 16.6. The highest BCUT2D eigenvalue weighted by Crippen LogP contribution is 2.30. The SMILES string of the molecule is CC(C)(C)OC(=O)N1CCC(CC2CCN(CCn3cccc(CN4CCC(=O)NC4=O)c3=O)CC2)CC1. The second-order valence-corrected chi connectivity index (χ2v) is 12.0. The molecule has 0 atom stereocenters. The van der Waals surface area contributed by atoms with Crippen molar-refractivity contribution in [1.82, 2.24) is 24.6 Å². The Morgan fingerprint density at radius 1 is 0.974 bits per heavy atom. The summed E-state index contributed by atoms with van der Waals surface area (Å²) < 4.78 is 7.24. The molecule has 4 amide bonds. The predicted molar refractivity (Wildman–Crippen MR) is 144 cm³/mol.